The third-order valence-electron chi connectivity index (χ3n) is 7.40. The van der Waals surface area contributed by atoms with Crippen molar-refractivity contribution >= 4 is 22.6 Å². The fourth-order valence-electron chi connectivity index (χ4n) is 5.63. The Hall–Kier alpha value is -4.20. The van der Waals surface area contributed by atoms with E-state index in [4.69, 9.17) is 14.2 Å². The molecule has 198 valence electrons. The molecule has 1 atom stereocenters. The van der Waals surface area contributed by atoms with Gasteiger partial charge < -0.3 is 29.8 Å². The summed E-state index contributed by atoms with van der Waals surface area (Å²) in [6, 6.07) is 11.8. The molecule has 38 heavy (non-hydrogen) atoms. The van der Waals surface area contributed by atoms with Gasteiger partial charge in [0.25, 0.3) is 0 Å². The van der Waals surface area contributed by atoms with Crippen molar-refractivity contribution in [2.45, 2.75) is 38.5 Å². The molecule has 0 fully saturated rings. The molecule has 2 aromatic carbocycles. The van der Waals surface area contributed by atoms with Crippen molar-refractivity contribution in [3.05, 3.63) is 76.3 Å². The lowest BCUT2D eigenvalue weighted by atomic mass is 9.75. The van der Waals surface area contributed by atoms with Crippen molar-refractivity contribution in [3.63, 3.8) is 0 Å². The number of rotatable bonds is 8. The van der Waals surface area contributed by atoms with Crippen LogP contribution < -0.4 is 24.8 Å². The first kappa shape index (κ1) is 25.4. The number of para-hydroxylation sites is 1. The Balaban J connectivity index is 1.49. The molecule has 3 N–H and O–H groups in total. The number of benzene rings is 2. The van der Waals surface area contributed by atoms with Crippen molar-refractivity contribution in [2.75, 3.05) is 27.9 Å². The third-order valence-corrected chi connectivity index (χ3v) is 7.40. The van der Waals surface area contributed by atoms with Crippen molar-refractivity contribution in [2.24, 2.45) is 0 Å². The van der Waals surface area contributed by atoms with Gasteiger partial charge in [-0.15, -0.1) is 0 Å². The van der Waals surface area contributed by atoms with E-state index in [1.54, 1.807) is 21.3 Å². The molecule has 0 saturated heterocycles. The second-order valence-corrected chi connectivity index (χ2v) is 9.59. The quantitative estimate of drug-likeness (QED) is 0.408. The second kappa shape index (κ2) is 10.7. The Morgan fingerprint density at radius 1 is 1.05 bits per heavy atom. The largest absolute Gasteiger partial charge is 0.493 e. The Labute approximate surface area is 222 Å². The van der Waals surface area contributed by atoms with E-state index in [0.29, 0.717) is 47.8 Å². The van der Waals surface area contributed by atoms with E-state index in [1.807, 2.05) is 43.5 Å². The summed E-state index contributed by atoms with van der Waals surface area (Å²) in [5.74, 6) is 0.695. The first-order valence-corrected chi connectivity index (χ1v) is 12.8. The van der Waals surface area contributed by atoms with Crippen LogP contribution in [0, 0.1) is 0 Å². The van der Waals surface area contributed by atoms with Gasteiger partial charge in [0.1, 0.15) is 0 Å². The highest BCUT2D eigenvalue weighted by Crippen LogP contribution is 2.47. The lowest BCUT2D eigenvalue weighted by molar-refractivity contribution is -0.117. The highest BCUT2D eigenvalue weighted by atomic mass is 16.5. The number of allylic oxidation sites excluding steroid dienone is 3. The number of ether oxygens (including phenoxy) is 3. The predicted molar refractivity (Wildman–Crippen MR) is 146 cm³/mol. The Kier molecular flexibility index (Phi) is 7.13. The first-order chi connectivity index (χ1) is 18.5. The minimum absolute atomic E-state index is 0.0501. The Morgan fingerprint density at radius 3 is 2.50 bits per heavy atom. The van der Waals surface area contributed by atoms with Gasteiger partial charge in [0.2, 0.25) is 11.7 Å². The number of aromatic amines is 1. The molecule has 0 spiro atoms. The number of nitrogens with one attached hydrogen (secondary N) is 3. The summed E-state index contributed by atoms with van der Waals surface area (Å²) < 4.78 is 16.7. The zero-order valence-corrected chi connectivity index (χ0v) is 22.2. The van der Waals surface area contributed by atoms with Crippen LogP contribution in [0.15, 0.2) is 65.1 Å². The number of carbonyl (C=O) groups excluding carboxylic acids is 2. The number of Topliss-reactive ketones (excluding diaryl/α,β-unsaturated/α-hetero) is 1. The number of H-pyrrole nitrogens is 1. The lowest BCUT2D eigenvalue weighted by Gasteiger charge is -2.35. The molecule has 3 aromatic rings. The van der Waals surface area contributed by atoms with E-state index < -0.39 is 5.92 Å². The number of fused-ring (bicyclic) bond motifs is 1. The molecule has 1 aromatic heterocycles. The number of amides is 1. The molecular weight excluding hydrogens is 482 g/mol. The smallest absolute Gasteiger partial charge is 0.249 e. The zero-order chi connectivity index (χ0) is 26.8. The molecule has 8 nitrogen and oxygen atoms in total. The molecule has 1 aliphatic heterocycles. The third kappa shape index (κ3) is 4.51. The molecule has 0 radical (unpaired) electrons. The number of ketones is 1. The van der Waals surface area contributed by atoms with Gasteiger partial charge in [-0.05, 0) is 55.5 Å². The molecule has 5 rings (SSSR count). The summed E-state index contributed by atoms with van der Waals surface area (Å²) in [6.45, 7) is 2.35. The molecule has 0 bridgehead atoms. The average molecular weight is 516 g/mol. The van der Waals surface area contributed by atoms with Crippen LogP contribution in [0.1, 0.15) is 43.2 Å². The van der Waals surface area contributed by atoms with E-state index in [2.05, 4.69) is 21.7 Å². The van der Waals surface area contributed by atoms with E-state index in [-0.39, 0.29) is 11.7 Å². The maximum Gasteiger partial charge on any atom is 0.249 e. The van der Waals surface area contributed by atoms with Crippen LogP contribution >= 0.6 is 0 Å². The summed E-state index contributed by atoms with van der Waals surface area (Å²) in [5.41, 5.74) is 5.73. The van der Waals surface area contributed by atoms with Gasteiger partial charge in [-0.2, -0.15) is 0 Å². The molecule has 1 unspecified atom stereocenters. The predicted octanol–water partition coefficient (Wildman–Crippen LogP) is 4.52. The maximum absolute atomic E-state index is 13.8. The fraction of sp³-hybridized carbons (Fsp3) is 0.333. The molecule has 2 heterocycles. The average Bonchev–Trinajstić information content (AvgIpc) is 3.34. The van der Waals surface area contributed by atoms with Crippen LogP contribution in [0.2, 0.25) is 0 Å². The molecule has 8 heteroatoms. The van der Waals surface area contributed by atoms with E-state index in [1.165, 1.54) is 0 Å². The van der Waals surface area contributed by atoms with Gasteiger partial charge in [-0.1, -0.05) is 18.2 Å². The topological polar surface area (TPSA) is 102 Å². The molecule has 0 saturated carbocycles. The zero-order valence-electron chi connectivity index (χ0n) is 22.2. The van der Waals surface area contributed by atoms with Gasteiger partial charge in [0.05, 0.1) is 21.3 Å². The Morgan fingerprint density at radius 2 is 1.79 bits per heavy atom. The van der Waals surface area contributed by atoms with Crippen molar-refractivity contribution in [1.82, 2.24) is 15.6 Å². The molecule has 1 aliphatic carbocycles. The van der Waals surface area contributed by atoms with E-state index in [0.717, 1.165) is 46.3 Å². The summed E-state index contributed by atoms with van der Waals surface area (Å²) in [4.78, 5) is 30.3. The monoisotopic (exact) mass is 515 g/mol. The number of hydrogen-bond acceptors (Lipinski definition) is 6. The summed E-state index contributed by atoms with van der Waals surface area (Å²) >= 11 is 0. The first-order valence-electron chi connectivity index (χ1n) is 12.8. The number of hydrogen-bond donors (Lipinski definition) is 3. The van der Waals surface area contributed by atoms with Crippen molar-refractivity contribution < 1.29 is 23.8 Å². The van der Waals surface area contributed by atoms with Crippen LogP contribution in [-0.2, 0) is 16.0 Å². The van der Waals surface area contributed by atoms with E-state index in [9.17, 15) is 9.59 Å². The van der Waals surface area contributed by atoms with Crippen LogP contribution in [0.3, 0.4) is 0 Å². The summed E-state index contributed by atoms with van der Waals surface area (Å²) in [7, 11) is 4.66. The highest BCUT2D eigenvalue weighted by molar-refractivity contribution is 6.05. The van der Waals surface area contributed by atoms with Crippen molar-refractivity contribution in [3.8, 4) is 17.2 Å². The van der Waals surface area contributed by atoms with Crippen LogP contribution in [0.25, 0.3) is 10.9 Å². The standard InChI is InChI=1S/C30H33N3O5/c1-17-26(30(35)31-13-12-18-16-32-21-9-6-5-8-20(18)21)27(28-22(33-17)10-7-11-23(28)34)19-14-24(36-2)29(38-4)25(15-19)37-3/h5-6,8-9,14-16,27,32-33H,7,10-13H2,1-4H3,(H,31,35). The number of dihydropyridines is 1. The number of aromatic nitrogens is 1. The van der Waals surface area contributed by atoms with Crippen LogP contribution in [0.5, 0.6) is 17.2 Å². The van der Waals surface area contributed by atoms with Crippen molar-refractivity contribution in [1.29, 1.82) is 0 Å². The van der Waals surface area contributed by atoms with Crippen LogP contribution in [0.4, 0.5) is 0 Å². The SMILES string of the molecule is COc1cc(C2C(C(=O)NCCc3c[nH]c4ccccc34)=C(C)NC3=C2C(=O)CCC3)cc(OC)c1OC. The van der Waals surface area contributed by atoms with Crippen LogP contribution in [-0.4, -0.2) is 44.5 Å². The second-order valence-electron chi connectivity index (χ2n) is 9.59. The van der Waals surface area contributed by atoms with Gasteiger partial charge in [0, 0.05) is 58.5 Å². The normalized spacial score (nSPS) is 17.3. The lowest BCUT2D eigenvalue weighted by Crippen LogP contribution is -2.38. The van der Waals surface area contributed by atoms with Gasteiger partial charge in [-0.3, -0.25) is 9.59 Å². The fourth-order valence-corrected chi connectivity index (χ4v) is 5.63. The molecule has 2 aliphatic rings. The number of methoxy groups -OCH3 is 3. The summed E-state index contributed by atoms with van der Waals surface area (Å²) in [6.07, 6.45) is 4.66. The number of carbonyl (C=O) groups is 2. The van der Waals surface area contributed by atoms with Gasteiger partial charge in [-0.25, -0.2) is 0 Å². The summed E-state index contributed by atoms with van der Waals surface area (Å²) in [5, 5.41) is 7.62. The maximum atomic E-state index is 13.8. The highest BCUT2D eigenvalue weighted by Gasteiger charge is 2.39. The van der Waals surface area contributed by atoms with Gasteiger partial charge in [0.15, 0.2) is 17.3 Å². The van der Waals surface area contributed by atoms with E-state index >= 15 is 0 Å². The Bertz CT molecular complexity index is 1440. The minimum Gasteiger partial charge on any atom is -0.493 e. The molecular formula is C30H33N3O5. The minimum atomic E-state index is -0.555. The van der Waals surface area contributed by atoms with Gasteiger partial charge >= 0.3 is 0 Å². The molecule has 1 amide bonds.